The molecule has 0 aliphatic carbocycles. The van der Waals surface area contributed by atoms with Gasteiger partial charge in [-0.1, -0.05) is 17.8 Å². The molecule has 96 valence electrons. The maximum absolute atomic E-state index is 10.8. The van der Waals surface area contributed by atoms with Crippen LogP contribution >= 0.6 is 11.8 Å². The van der Waals surface area contributed by atoms with E-state index in [0.29, 0.717) is 5.75 Å². The largest absolute Gasteiger partial charge is 0.544 e. The van der Waals surface area contributed by atoms with E-state index in [-0.39, 0.29) is 11.1 Å². The molecular formula is C11H12N2O4S. The topological polar surface area (TPSA) is 99.9 Å². The first-order chi connectivity index (χ1) is 8.49. The van der Waals surface area contributed by atoms with Gasteiger partial charge in [-0.2, -0.15) is 0 Å². The Morgan fingerprint density at radius 1 is 1.56 bits per heavy atom. The van der Waals surface area contributed by atoms with Crippen LogP contribution in [0.5, 0.6) is 0 Å². The standard InChI is InChI=1S/C11H12N2O4S/c1-6-2-3-7(13(16)17)4-8(6)10-12-9(5-18-10)11(14)15/h2-4,9-10,12H,5H2,1H3,(H,14,15)/t9-,10+/m1/s1. The predicted molar refractivity (Wildman–Crippen MR) is 63.8 cm³/mol. The first-order valence-electron chi connectivity index (χ1n) is 5.41. The molecule has 0 aromatic heterocycles. The number of nitrogens with zero attached hydrogens (tertiary/aromatic N) is 1. The molecule has 0 amide bonds. The van der Waals surface area contributed by atoms with Gasteiger partial charge in [0.05, 0.1) is 10.7 Å². The molecule has 0 spiro atoms. The van der Waals surface area contributed by atoms with E-state index in [9.17, 15) is 20.0 Å². The van der Waals surface area contributed by atoms with Crippen molar-refractivity contribution >= 4 is 23.4 Å². The third kappa shape index (κ3) is 2.46. The third-order valence-electron chi connectivity index (χ3n) is 2.95. The minimum Gasteiger partial charge on any atom is -0.544 e. The summed E-state index contributed by atoms with van der Waals surface area (Å²) in [7, 11) is 0. The highest BCUT2D eigenvalue weighted by Gasteiger charge is 2.32. The van der Waals surface area contributed by atoms with Crippen LogP contribution < -0.4 is 10.4 Å². The molecule has 0 unspecified atom stereocenters. The van der Waals surface area contributed by atoms with Crippen molar-refractivity contribution in [2.45, 2.75) is 18.3 Å². The first kappa shape index (κ1) is 12.8. The summed E-state index contributed by atoms with van der Waals surface area (Å²) in [6, 6.07) is 4.07. The lowest BCUT2D eigenvalue weighted by Crippen LogP contribution is -2.90. The number of aliphatic carboxylic acids is 1. The number of hydrogen-bond acceptors (Lipinski definition) is 5. The number of non-ortho nitro benzene ring substituents is 1. The van der Waals surface area contributed by atoms with Gasteiger partial charge in [-0.3, -0.25) is 10.1 Å². The second-order valence-corrected chi connectivity index (χ2v) is 5.34. The van der Waals surface area contributed by atoms with Gasteiger partial charge >= 0.3 is 0 Å². The summed E-state index contributed by atoms with van der Waals surface area (Å²) >= 11 is 1.47. The monoisotopic (exact) mass is 268 g/mol. The SMILES string of the molecule is Cc1ccc([N+](=O)[O-])cc1[C@H]1[NH2+][C@@H](C(=O)[O-])CS1. The number of aryl methyl sites for hydroxylation is 1. The van der Waals surface area contributed by atoms with Gasteiger partial charge in [-0.15, -0.1) is 0 Å². The minimum atomic E-state index is -1.09. The molecule has 1 aromatic carbocycles. The number of quaternary nitrogens is 1. The van der Waals surface area contributed by atoms with Crippen LogP contribution in [0.2, 0.25) is 0 Å². The summed E-state index contributed by atoms with van der Waals surface area (Å²) in [4.78, 5) is 21.1. The lowest BCUT2D eigenvalue weighted by atomic mass is 10.1. The molecular weight excluding hydrogens is 256 g/mol. The summed E-state index contributed by atoms with van der Waals surface area (Å²) in [5.41, 5.74) is 1.76. The Morgan fingerprint density at radius 2 is 2.28 bits per heavy atom. The van der Waals surface area contributed by atoms with Gasteiger partial charge in [0.15, 0.2) is 5.37 Å². The van der Waals surface area contributed by atoms with Crippen molar-refractivity contribution in [3.05, 3.63) is 39.4 Å². The first-order valence-corrected chi connectivity index (χ1v) is 6.46. The molecule has 1 heterocycles. The molecule has 2 atom stereocenters. The van der Waals surface area contributed by atoms with E-state index in [1.165, 1.54) is 23.9 Å². The number of benzene rings is 1. The van der Waals surface area contributed by atoms with Crippen LogP contribution in [0.25, 0.3) is 0 Å². The summed E-state index contributed by atoms with van der Waals surface area (Å²) in [6.45, 7) is 1.86. The average molecular weight is 268 g/mol. The van der Waals surface area contributed by atoms with Gasteiger partial charge in [0.25, 0.3) is 5.69 Å². The van der Waals surface area contributed by atoms with E-state index in [4.69, 9.17) is 0 Å². The van der Waals surface area contributed by atoms with Gasteiger partial charge in [0.1, 0.15) is 12.0 Å². The van der Waals surface area contributed by atoms with Gasteiger partial charge in [0.2, 0.25) is 0 Å². The van der Waals surface area contributed by atoms with Crippen molar-refractivity contribution in [2.75, 3.05) is 5.75 Å². The fourth-order valence-electron chi connectivity index (χ4n) is 1.92. The van der Waals surface area contributed by atoms with Crippen molar-refractivity contribution in [3.63, 3.8) is 0 Å². The smallest absolute Gasteiger partial charge is 0.269 e. The average Bonchev–Trinajstić information content (AvgIpc) is 2.78. The van der Waals surface area contributed by atoms with E-state index in [1.807, 2.05) is 6.92 Å². The number of nitro groups is 1. The van der Waals surface area contributed by atoms with Crippen LogP contribution in [-0.2, 0) is 4.79 Å². The fourth-order valence-corrected chi connectivity index (χ4v) is 3.31. The second kappa shape index (κ2) is 4.95. The molecule has 2 rings (SSSR count). The summed E-state index contributed by atoms with van der Waals surface area (Å²) in [6.07, 6.45) is 0. The maximum atomic E-state index is 10.8. The Bertz CT molecular complexity index is 506. The maximum Gasteiger partial charge on any atom is 0.269 e. The number of rotatable bonds is 3. The van der Waals surface area contributed by atoms with Crippen LogP contribution in [0, 0.1) is 17.0 Å². The number of nitro benzene ring substituents is 1. The molecule has 7 heteroatoms. The highest BCUT2D eigenvalue weighted by Crippen LogP contribution is 2.31. The normalized spacial score (nSPS) is 22.9. The summed E-state index contributed by atoms with van der Waals surface area (Å²) < 4.78 is 0. The minimum absolute atomic E-state index is 0.0292. The molecule has 6 nitrogen and oxygen atoms in total. The highest BCUT2D eigenvalue weighted by molar-refractivity contribution is 7.99. The van der Waals surface area contributed by atoms with Crippen LogP contribution in [-0.4, -0.2) is 22.7 Å². The molecule has 0 bridgehead atoms. The Morgan fingerprint density at radius 3 is 2.83 bits per heavy atom. The lowest BCUT2D eigenvalue weighted by Gasteiger charge is -2.12. The van der Waals surface area contributed by atoms with E-state index >= 15 is 0 Å². The van der Waals surface area contributed by atoms with Crippen molar-refractivity contribution in [3.8, 4) is 0 Å². The zero-order valence-corrected chi connectivity index (χ0v) is 10.5. The second-order valence-electron chi connectivity index (χ2n) is 4.17. The molecule has 1 fully saturated rings. The highest BCUT2D eigenvalue weighted by atomic mass is 32.2. The molecule has 2 N–H and O–H groups in total. The number of carbonyl (C=O) groups excluding carboxylic acids is 1. The van der Waals surface area contributed by atoms with Crippen LogP contribution in [0.4, 0.5) is 5.69 Å². The van der Waals surface area contributed by atoms with Gasteiger partial charge in [-0.25, -0.2) is 0 Å². The Kier molecular flexibility index (Phi) is 3.53. The number of thioether (sulfide) groups is 1. The van der Waals surface area contributed by atoms with E-state index in [2.05, 4.69) is 0 Å². The molecule has 1 aliphatic rings. The van der Waals surface area contributed by atoms with Gasteiger partial charge in [0, 0.05) is 17.7 Å². The number of carbonyl (C=O) groups is 1. The summed E-state index contributed by atoms with van der Waals surface area (Å²) in [5.74, 6) is -0.636. The number of hydrogen-bond donors (Lipinski definition) is 1. The van der Waals surface area contributed by atoms with Gasteiger partial charge in [-0.05, 0) is 12.5 Å². The lowest BCUT2D eigenvalue weighted by molar-refractivity contribution is -0.690. The Labute approximate surface area is 108 Å². The number of carboxylic acid groups (broad SMARTS) is 1. The van der Waals surface area contributed by atoms with Crippen molar-refractivity contribution in [2.24, 2.45) is 0 Å². The zero-order chi connectivity index (χ0) is 13.3. The van der Waals surface area contributed by atoms with E-state index in [1.54, 1.807) is 11.4 Å². The van der Waals surface area contributed by atoms with Crippen LogP contribution in [0.1, 0.15) is 16.5 Å². The van der Waals surface area contributed by atoms with Crippen molar-refractivity contribution in [1.82, 2.24) is 0 Å². The number of nitrogens with two attached hydrogens (primary N) is 1. The Hall–Kier alpha value is -1.60. The van der Waals surface area contributed by atoms with Crippen molar-refractivity contribution in [1.29, 1.82) is 0 Å². The quantitative estimate of drug-likeness (QED) is 0.579. The fraction of sp³-hybridized carbons (Fsp3) is 0.364. The molecule has 1 saturated heterocycles. The number of carboxylic acids is 1. The van der Waals surface area contributed by atoms with Crippen molar-refractivity contribution < 1.29 is 20.1 Å². The van der Waals surface area contributed by atoms with Crippen LogP contribution in [0.3, 0.4) is 0 Å². The van der Waals surface area contributed by atoms with E-state index in [0.717, 1.165) is 11.1 Å². The van der Waals surface area contributed by atoms with Gasteiger partial charge < -0.3 is 15.2 Å². The summed E-state index contributed by atoms with van der Waals surface area (Å²) in [5, 5.41) is 23.1. The molecule has 0 saturated carbocycles. The molecule has 18 heavy (non-hydrogen) atoms. The van der Waals surface area contributed by atoms with Crippen LogP contribution in [0.15, 0.2) is 18.2 Å². The third-order valence-corrected chi connectivity index (χ3v) is 4.27. The van der Waals surface area contributed by atoms with E-state index < -0.39 is 16.9 Å². The zero-order valence-electron chi connectivity index (χ0n) is 9.66. The molecule has 1 aliphatic heterocycles. The molecule has 1 aromatic rings. The molecule has 0 radical (unpaired) electrons. The Balaban J connectivity index is 2.26. The predicted octanol–water partition coefficient (Wildman–Crippen LogP) is -0.669.